The molecule has 0 atom stereocenters. The van der Waals surface area contributed by atoms with Gasteiger partial charge in [0.25, 0.3) is 6.43 Å². The molecule has 0 unspecified atom stereocenters. The number of rotatable bonds is 2. The number of pyridine rings is 1. The van der Waals surface area contributed by atoms with Crippen molar-refractivity contribution < 1.29 is 13.6 Å². The SMILES string of the molecule is Cc1c(C(F)F)ncc(I)c1C=O. The van der Waals surface area contributed by atoms with E-state index in [1.165, 1.54) is 13.1 Å². The van der Waals surface area contributed by atoms with Crippen molar-refractivity contribution in [3.8, 4) is 0 Å². The molecule has 0 fully saturated rings. The Balaban J connectivity index is 3.35. The molecule has 0 saturated heterocycles. The Morgan fingerprint density at radius 2 is 2.23 bits per heavy atom. The van der Waals surface area contributed by atoms with Crippen LogP contribution < -0.4 is 0 Å². The molecule has 70 valence electrons. The number of carbonyl (C=O) groups excluding carboxylic acids is 1. The second kappa shape index (κ2) is 4.08. The molecule has 0 aromatic carbocycles. The molecule has 0 N–H and O–H groups in total. The summed E-state index contributed by atoms with van der Waals surface area (Å²) in [5, 5.41) is 0. The summed E-state index contributed by atoms with van der Waals surface area (Å²) in [6.45, 7) is 1.47. The van der Waals surface area contributed by atoms with Crippen LogP contribution in [0.3, 0.4) is 0 Å². The first-order chi connectivity index (χ1) is 6.07. The lowest BCUT2D eigenvalue weighted by Gasteiger charge is -2.06. The predicted octanol–water partition coefficient (Wildman–Crippen LogP) is 2.74. The highest BCUT2D eigenvalue weighted by Crippen LogP contribution is 2.24. The van der Waals surface area contributed by atoms with Crippen LogP contribution in [0.15, 0.2) is 6.20 Å². The average molecular weight is 297 g/mol. The maximum Gasteiger partial charge on any atom is 0.280 e. The molecule has 0 spiro atoms. The Hall–Kier alpha value is -0.590. The number of halogens is 3. The van der Waals surface area contributed by atoms with Gasteiger partial charge in [-0.2, -0.15) is 0 Å². The van der Waals surface area contributed by atoms with Crippen LogP contribution in [0.1, 0.15) is 28.0 Å². The largest absolute Gasteiger partial charge is 0.298 e. The molecular formula is C8H6F2INO. The van der Waals surface area contributed by atoms with Gasteiger partial charge in [0.2, 0.25) is 0 Å². The minimum atomic E-state index is -2.63. The van der Waals surface area contributed by atoms with Crippen LogP contribution in [0.2, 0.25) is 0 Å². The molecule has 0 saturated carbocycles. The fourth-order valence-corrected chi connectivity index (χ4v) is 1.65. The number of nitrogens with zero attached hydrogens (tertiary/aromatic N) is 1. The molecule has 1 heterocycles. The number of aldehydes is 1. The third kappa shape index (κ3) is 2.01. The third-order valence-electron chi connectivity index (χ3n) is 1.69. The molecule has 0 aliphatic heterocycles. The summed E-state index contributed by atoms with van der Waals surface area (Å²) in [7, 11) is 0. The molecular weight excluding hydrogens is 291 g/mol. The van der Waals surface area contributed by atoms with Crippen molar-refractivity contribution >= 4 is 28.9 Å². The van der Waals surface area contributed by atoms with Gasteiger partial charge in [-0.25, -0.2) is 8.78 Å². The van der Waals surface area contributed by atoms with Crippen LogP contribution in [0.4, 0.5) is 8.78 Å². The van der Waals surface area contributed by atoms with Crippen molar-refractivity contribution in [3.05, 3.63) is 26.6 Å². The molecule has 1 rings (SSSR count). The number of carbonyl (C=O) groups is 1. The molecule has 0 radical (unpaired) electrons. The Kier molecular flexibility index (Phi) is 3.29. The topological polar surface area (TPSA) is 30.0 Å². The summed E-state index contributed by atoms with van der Waals surface area (Å²) in [6, 6.07) is 0. The number of hydrogen-bond donors (Lipinski definition) is 0. The molecule has 0 aliphatic carbocycles. The zero-order valence-electron chi connectivity index (χ0n) is 6.72. The smallest absolute Gasteiger partial charge is 0.280 e. The summed E-state index contributed by atoms with van der Waals surface area (Å²) < 4.78 is 25.2. The van der Waals surface area contributed by atoms with E-state index in [0.717, 1.165) is 0 Å². The van der Waals surface area contributed by atoms with Crippen molar-refractivity contribution in [2.45, 2.75) is 13.3 Å². The summed E-state index contributed by atoms with van der Waals surface area (Å²) in [5.74, 6) is 0. The fraction of sp³-hybridized carbons (Fsp3) is 0.250. The molecule has 0 aliphatic rings. The Morgan fingerprint density at radius 3 is 2.69 bits per heavy atom. The summed E-state index contributed by atoms with van der Waals surface area (Å²) in [5.41, 5.74) is 0.241. The Bertz CT molecular complexity index is 341. The quantitative estimate of drug-likeness (QED) is 0.620. The van der Waals surface area contributed by atoms with Gasteiger partial charge in [0.15, 0.2) is 6.29 Å². The maximum absolute atomic E-state index is 12.3. The first kappa shape index (κ1) is 10.5. The van der Waals surface area contributed by atoms with E-state index in [4.69, 9.17) is 0 Å². The van der Waals surface area contributed by atoms with E-state index < -0.39 is 6.43 Å². The van der Waals surface area contributed by atoms with Crippen LogP contribution in [-0.2, 0) is 0 Å². The highest BCUT2D eigenvalue weighted by molar-refractivity contribution is 14.1. The van der Waals surface area contributed by atoms with Crippen molar-refractivity contribution in [2.24, 2.45) is 0 Å². The van der Waals surface area contributed by atoms with E-state index in [2.05, 4.69) is 4.98 Å². The van der Waals surface area contributed by atoms with Gasteiger partial charge in [0, 0.05) is 15.3 Å². The fourth-order valence-electron chi connectivity index (χ4n) is 0.974. The van der Waals surface area contributed by atoms with Crippen molar-refractivity contribution in [1.29, 1.82) is 0 Å². The second-order valence-corrected chi connectivity index (χ2v) is 3.61. The molecule has 0 amide bonds. The lowest BCUT2D eigenvalue weighted by molar-refractivity contribution is 0.112. The Labute approximate surface area is 87.5 Å². The summed E-state index contributed by atoms with van der Waals surface area (Å²) >= 11 is 1.89. The van der Waals surface area contributed by atoms with E-state index in [1.54, 1.807) is 0 Å². The van der Waals surface area contributed by atoms with E-state index >= 15 is 0 Å². The lowest BCUT2D eigenvalue weighted by Crippen LogP contribution is -2.01. The molecule has 0 bridgehead atoms. The zero-order valence-corrected chi connectivity index (χ0v) is 8.88. The van der Waals surface area contributed by atoms with Crippen LogP contribution >= 0.6 is 22.6 Å². The second-order valence-electron chi connectivity index (χ2n) is 2.45. The highest BCUT2D eigenvalue weighted by atomic mass is 127. The third-order valence-corrected chi connectivity index (χ3v) is 2.55. The average Bonchev–Trinajstić information content (AvgIpc) is 2.04. The predicted molar refractivity (Wildman–Crippen MR) is 52.0 cm³/mol. The zero-order chi connectivity index (χ0) is 10.0. The number of aromatic nitrogens is 1. The van der Waals surface area contributed by atoms with Crippen LogP contribution in [-0.4, -0.2) is 11.3 Å². The van der Waals surface area contributed by atoms with Gasteiger partial charge in [-0.15, -0.1) is 0 Å². The van der Waals surface area contributed by atoms with E-state index in [-0.39, 0.29) is 11.3 Å². The van der Waals surface area contributed by atoms with Gasteiger partial charge in [-0.3, -0.25) is 9.78 Å². The van der Waals surface area contributed by atoms with Crippen molar-refractivity contribution in [2.75, 3.05) is 0 Å². The Morgan fingerprint density at radius 1 is 1.62 bits per heavy atom. The van der Waals surface area contributed by atoms with Crippen molar-refractivity contribution in [3.63, 3.8) is 0 Å². The molecule has 2 nitrogen and oxygen atoms in total. The molecule has 5 heteroatoms. The van der Waals surface area contributed by atoms with Gasteiger partial charge in [-0.1, -0.05) is 0 Å². The van der Waals surface area contributed by atoms with Gasteiger partial charge in [-0.05, 0) is 35.1 Å². The van der Waals surface area contributed by atoms with E-state index in [0.29, 0.717) is 15.4 Å². The van der Waals surface area contributed by atoms with Gasteiger partial charge in [0.1, 0.15) is 5.69 Å². The van der Waals surface area contributed by atoms with E-state index in [9.17, 15) is 13.6 Å². The van der Waals surface area contributed by atoms with Gasteiger partial charge < -0.3 is 0 Å². The van der Waals surface area contributed by atoms with Crippen LogP contribution in [0, 0.1) is 10.5 Å². The maximum atomic E-state index is 12.3. The van der Waals surface area contributed by atoms with Crippen molar-refractivity contribution in [1.82, 2.24) is 4.98 Å². The van der Waals surface area contributed by atoms with Gasteiger partial charge in [0.05, 0.1) is 0 Å². The van der Waals surface area contributed by atoms with E-state index in [1.807, 2.05) is 22.6 Å². The molecule has 13 heavy (non-hydrogen) atoms. The lowest BCUT2D eigenvalue weighted by atomic mass is 10.1. The standard InChI is InChI=1S/C8H6F2INO/c1-4-5(3-13)6(11)2-12-7(4)8(9)10/h2-3,8H,1H3. The molecule has 1 aromatic rings. The van der Waals surface area contributed by atoms with Crippen LogP contribution in [0.5, 0.6) is 0 Å². The molecule has 1 aromatic heterocycles. The minimum Gasteiger partial charge on any atom is -0.298 e. The first-order valence-electron chi connectivity index (χ1n) is 3.46. The van der Waals surface area contributed by atoms with Crippen LogP contribution in [0.25, 0.3) is 0 Å². The van der Waals surface area contributed by atoms with Gasteiger partial charge >= 0.3 is 0 Å². The number of hydrogen-bond acceptors (Lipinski definition) is 2. The minimum absolute atomic E-state index is 0.261. The highest BCUT2D eigenvalue weighted by Gasteiger charge is 2.16. The normalized spacial score (nSPS) is 10.5. The monoisotopic (exact) mass is 297 g/mol. The number of alkyl halides is 2. The summed E-state index contributed by atoms with van der Waals surface area (Å²) in [6.07, 6.45) is -0.778. The first-order valence-corrected chi connectivity index (χ1v) is 4.54. The summed E-state index contributed by atoms with van der Waals surface area (Å²) in [4.78, 5) is 14.1.